The molecule has 2 heteroatoms. The van der Waals surface area contributed by atoms with Crippen molar-refractivity contribution < 1.29 is 9.53 Å². The molecule has 0 rings (SSSR count). The van der Waals surface area contributed by atoms with Gasteiger partial charge < -0.3 is 9.53 Å². The van der Waals surface area contributed by atoms with Gasteiger partial charge in [0.25, 0.3) is 0 Å². The molecule has 0 radical (unpaired) electrons. The summed E-state index contributed by atoms with van der Waals surface area (Å²) < 4.78 is 5.42. The standard InChI is InChI=1S/C13H24O2/c1-3-4-5-6-7-8-11-15-12-9-10-13(2)14/h3-4H,5-12H2,1-2H3. The van der Waals surface area contributed by atoms with Crippen LogP contribution in [0.15, 0.2) is 12.2 Å². The monoisotopic (exact) mass is 212 g/mol. The predicted octanol–water partition coefficient (Wildman–Crippen LogP) is 3.51. The number of carbonyl (C=O) groups is 1. The number of carbonyl (C=O) groups excluding carboxylic acids is 1. The number of allylic oxidation sites excluding steroid dienone is 2. The topological polar surface area (TPSA) is 26.3 Å². The van der Waals surface area contributed by atoms with Crippen molar-refractivity contribution in [2.75, 3.05) is 13.2 Å². The number of hydrogen-bond donors (Lipinski definition) is 0. The molecule has 0 atom stereocenters. The molecule has 0 bridgehead atoms. The lowest BCUT2D eigenvalue weighted by Gasteiger charge is -2.02. The molecule has 0 amide bonds. The van der Waals surface area contributed by atoms with Crippen LogP contribution >= 0.6 is 0 Å². The maximum atomic E-state index is 10.6. The van der Waals surface area contributed by atoms with E-state index in [1.165, 1.54) is 19.3 Å². The van der Waals surface area contributed by atoms with Crippen molar-refractivity contribution in [3.05, 3.63) is 12.2 Å². The fraction of sp³-hybridized carbons (Fsp3) is 0.769. The van der Waals surface area contributed by atoms with Gasteiger partial charge in [0.15, 0.2) is 0 Å². The van der Waals surface area contributed by atoms with Gasteiger partial charge in [-0.1, -0.05) is 18.6 Å². The molecule has 0 aromatic carbocycles. The van der Waals surface area contributed by atoms with E-state index in [0.29, 0.717) is 6.42 Å². The molecule has 0 heterocycles. The van der Waals surface area contributed by atoms with Crippen molar-refractivity contribution >= 4 is 5.78 Å². The second kappa shape index (κ2) is 11.4. The lowest BCUT2D eigenvalue weighted by Crippen LogP contribution is -1.99. The average molecular weight is 212 g/mol. The van der Waals surface area contributed by atoms with Crippen molar-refractivity contribution in [1.29, 1.82) is 0 Å². The molecule has 0 fully saturated rings. The van der Waals surface area contributed by atoms with Crippen LogP contribution in [0, 0.1) is 0 Å². The highest BCUT2D eigenvalue weighted by atomic mass is 16.5. The third kappa shape index (κ3) is 13.4. The van der Waals surface area contributed by atoms with Gasteiger partial charge in [0.1, 0.15) is 5.78 Å². The summed E-state index contributed by atoms with van der Waals surface area (Å²) in [5.41, 5.74) is 0. The van der Waals surface area contributed by atoms with Crippen LogP contribution in [0.1, 0.15) is 52.4 Å². The highest BCUT2D eigenvalue weighted by molar-refractivity contribution is 5.75. The van der Waals surface area contributed by atoms with Crippen LogP contribution in [0.2, 0.25) is 0 Å². The smallest absolute Gasteiger partial charge is 0.129 e. The van der Waals surface area contributed by atoms with Gasteiger partial charge in [-0.15, -0.1) is 0 Å². The van der Waals surface area contributed by atoms with Crippen LogP contribution in [-0.4, -0.2) is 19.0 Å². The second-order valence-electron chi connectivity index (χ2n) is 3.84. The van der Waals surface area contributed by atoms with Crippen LogP contribution in [-0.2, 0) is 9.53 Å². The number of rotatable bonds is 10. The molecule has 2 nitrogen and oxygen atoms in total. The molecule has 0 spiro atoms. The minimum Gasteiger partial charge on any atom is -0.381 e. The highest BCUT2D eigenvalue weighted by Gasteiger charge is 1.93. The first-order valence-corrected chi connectivity index (χ1v) is 5.95. The van der Waals surface area contributed by atoms with Crippen LogP contribution in [0.5, 0.6) is 0 Å². The molecule has 0 saturated heterocycles. The summed E-state index contributed by atoms with van der Waals surface area (Å²) in [6.07, 6.45) is 10.6. The number of hydrogen-bond acceptors (Lipinski definition) is 2. The van der Waals surface area contributed by atoms with E-state index in [9.17, 15) is 4.79 Å². The average Bonchev–Trinajstić information content (AvgIpc) is 2.20. The summed E-state index contributed by atoms with van der Waals surface area (Å²) in [5, 5.41) is 0. The van der Waals surface area contributed by atoms with Crippen molar-refractivity contribution in [3.63, 3.8) is 0 Å². The molecule has 0 aliphatic carbocycles. The second-order valence-corrected chi connectivity index (χ2v) is 3.84. The Balaban J connectivity index is 2.95. The van der Waals surface area contributed by atoms with Crippen LogP contribution in [0.25, 0.3) is 0 Å². The Morgan fingerprint density at radius 3 is 2.53 bits per heavy atom. The van der Waals surface area contributed by atoms with Crippen molar-refractivity contribution in [2.45, 2.75) is 52.4 Å². The molecule has 0 aromatic heterocycles. The Kier molecular flexibility index (Phi) is 11.0. The maximum Gasteiger partial charge on any atom is 0.129 e. The highest BCUT2D eigenvalue weighted by Crippen LogP contribution is 2.01. The van der Waals surface area contributed by atoms with Crippen LogP contribution < -0.4 is 0 Å². The number of ketones is 1. The molecule has 0 aromatic rings. The summed E-state index contributed by atoms with van der Waals surface area (Å²) in [6.45, 7) is 5.25. The Morgan fingerprint density at radius 2 is 1.87 bits per heavy atom. The summed E-state index contributed by atoms with van der Waals surface area (Å²) in [6, 6.07) is 0. The van der Waals surface area contributed by atoms with E-state index >= 15 is 0 Å². The zero-order valence-electron chi connectivity index (χ0n) is 10.1. The lowest BCUT2D eigenvalue weighted by atomic mass is 10.2. The van der Waals surface area contributed by atoms with E-state index < -0.39 is 0 Å². The summed E-state index contributed by atoms with van der Waals surface area (Å²) in [4.78, 5) is 10.6. The van der Waals surface area contributed by atoms with Gasteiger partial charge in [-0.2, -0.15) is 0 Å². The van der Waals surface area contributed by atoms with E-state index in [1.807, 2.05) is 0 Å². The molecule has 15 heavy (non-hydrogen) atoms. The third-order valence-corrected chi connectivity index (χ3v) is 2.21. The first-order valence-electron chi connectivity index (χ1n) is 5.95. The number of Topliss-reactive ketones (excluding diaryl/α,β-unsaturated/α-hetero) is 1. The van der Waals surface area contributed by atoms with E-state index in [0.717, 1.165) is 26.1 Å². The van der Waals surface area contributed by atoms with Gasteiger partial charge in [0.2, 0.25) is 0 Å². The maximum absolute atomic E-state index is 10.6. The Labute approximate surface area is 93.7 Å². The predicted molar refractivity (Wildman–Crippen MR) is 64.0 cm³/mol. The van der Waals surface area contributed by atoms with Crippen LogP contribution in [0.4, 0.5) is 0 Å². The van der Waals surface area contributed by atoms with E-state index in [-0.39, 0.29) is 5.78 Å². The Morgan fingerprint density at radius 1 is 1.13 bits per heavy atom. The minimum absolute atomic E-state index is 0.255. The summed E-state index contributed by atoms with van der Waals surface area (Å²) >= 11 is 0. The first kappa shape index (κ1) is 14.4. The molecule has 0 aliphatic rings. The zero-order chi connectivity index (χ0) is 11.4. The Bertz CT molecular complexity index is 173. The van der Waals surface area contributed by atoms with E-state index in [2.05, 4.69) is 19.1 Å². The fourth-order valence-electron chi connectivity index (χ4n) is 1.33. The van der Waals surface area contributed by atoms with Gasteiger partial charge in [0, 0.05) is 19.6 Å². The molecular weight excluding hydrogens is 188 g/mol. The third-order valence-electron chi connectivity index (χ3n) is 2.21. The van der Waals surface area contributed by atoms with Crippen molar-refractivity contribution in [2.24, 2.45) is 0 Å². The first-order chi connectivity index (χ1) is 7.27. The molecular formula is C13H24O2. The van der Waals surface area contributed by atoms with Gasteiger partial charge in [0.05, 0.1) is 0 Å². The van der Waals surface area contributed by atoms with Gasteiger partial charge >= 0.3 is 0 Å². The van der Waals surface area contributed by atoms with Crippen molar-refractivity contribution in [1.82, 2.24) is 0 Å². The molecule has 0 saturated carbocycles. The molecule has 0 unspecified atom stereocenters. The minimum atomic E-state index is 0.255. The SMILES string of the molecule is CC=CCCCCCOCCCC(C)=O. The zero-order valence-corrected chi connectivity index (χ0v) is 10.1. The van der Waals surface area contributed by atoms with E-state index in [4.69, 9.17) is 4.74 Å². The lowest BCUT2D eigenvalue weighted by molar-refractivity contribution is -0.117. The fourth-order valence-corrected chi connectivity index (χ4v) is 1.33. The Hall–Kier alpha value is -0.630. The van der Waals surface area contributed by atoms with Crippen LogP contribution in [0.3, 0.4) is 0 Å². The van der Waals surface area contributed by atoms with Gasteiger partial charge in [-0.05, 0) is 39.5 Å². The quantitative estimate of drug-likeness (QED) is 0.409. The van der Waals surface area contributed by atoms with Gasteiger partial charge in [-0.25, -0.2) is 0 Å². The largest absolute Gasteiger partial charge is 0.381 e. The van der Waals surface area contributed by atoms with E-state index in [1.54, 1.807) is 6.92 Å². The molecule has 0 N–H and O–H groups in total. The number of ether oxygens (including phenoxy) is 1. The number of unbranched alkanes of at least 4 members (excludes halogenated alkanes) is 3. The normalized spacial score (nSPS) is 11.1. The van der Waals surface area contributed by atoms with Crippen molar-refractivity contribution in [3.8, 4) is 0 Å². The van der Waals surface area contributed by atoms with Gasteiger partial charge in [-0.3, -0.25) is 0 Å². The summed E-state index contributed by atoms with van der Waals surface area (Å²) in [7, 11) is 0. The summed E-state index contributed by atoms with van der Waals surface area (Å²) in [5.74, 6) is 0.255. The molecule has 0 aliphatic heterocycles. The molecule has 88 valence electrons.